The summed E-state index contributed by atoms with van der Waals surface area (Å²) in [5.74, 6) is -17.5. The smallest absolute Gasteiger partial charge is 0.344 e. The minimum absolute atomic E-state index is 0.00942. The Bertz CT molecular complexity index is 3350. The van der Waals surface area contributed by atoms with Gasteiger partial charge in [0.15, 0.2) is 0 Å². The van der Waals surface area contributed by atoms with Gasteiger partial charge in [0.2, 0.25) is 70.9 Å². The molecule has 5 saturated carbocycles. The van der Waals surface area contributed by atoms with Gasteiger partial charge in [-0.2, -0.15) is 26.3 Å². The molecular weight excluding hydrogens is 1460 g/mol. The maximum Gasteiger partial charge on any atom is 0.397 e. The van der Waals surface area contributed by atoms with Crippen molar-refractivity contribution in [3.05, 3.63) is 12.2 Å². The molecule has 2 bridgehead atoms. The van der Waals surface area contributed by atoms with Crippen LogP contribution in [0.4, 0.5) is 39.5 Å². The van der Waals surface area contributed by atoms with Crippen molar-refractivity contribution >= 4 is 70.9 Å². The summed E-state index contributed by atoms with van der Waals surface area (Å²) in [6.45, 7) is 6.61. The van der Waals surface area contributed by atoms with Gasteiger partial charge in [-0.3, -0.25) is 57.5 Å². The maximum atomic E-state index is 16.3. The molecule has 5 aliphatic carbocycles. The minimum atomic E-state index is -5.24. The number of carbonyl (C=O) groups excluding carboxylic acids is 12. The molecule has 0 aromatic rings. The number of fused-ring (bicyclic) bond motifs is 3. The molecule has 33 heteroatoms. The third-order valence-electron chi connectivity index (χ3n) is 24.9. The monoisotopic (exact) mass is 1570 g/mol. The molecule has 2 unspecified atom stereocenters. The highest BCUT2D eigenvalue weighted by atomic mass is 19.4. The van der Waals surface area contributed by atoms with E-state index in [1.807, 2.05) is 20.8 Å². The Labute approximate surface area is 640 Å². The van der Waals surface area contributed by atoms with Crippen molar-refractivity contribution in [3.8, 4) is 0 Å². The lowest BCUT2D eigenvalue weighted by Crippen LogP contribution is -2.71. The molecule has 7 fully saturated rings. The van der Waals surface area contributed by atoms with Crippen LogP contribution in [0.2, 0.25) is 0 Å². The van der Waals surface area contributed by atoms with Crippen molar-refractivity contribution in [2.24, 2.45) is 46.8 Å². The van der Waals surface area contributed by atoms with Gasteiger partial charge in [-0.05, 0) is 144 Å². The minimum Gasteiger partial charge on any atom is -0.344 e. The molecule has 0 aromatic heterocycles. The first-order valence-electron chi connectivity index (χ1n) is 39.5. The van der Waals surface area contributed by atoms with Crippen LogP contribution in [0, 0.1) is 46.8 Å². The van der Waals surface area contributed by atoms with Crippen molar-refractivity contribution in [3.63, 3.8) is 0 Å². The molecule has 3 aliphatic heterocycles. The van der Waals surface area contributed by atoms with Gasteiger partial charge in [0.25, 0.3) is 0 Å². The maximum absolute atomic E-state index is 16.3. The van der Waals surface area contributed by atoms with Gasteiger partial charge >= 0.3 is 12.4 Å². The van der Waals surface area contributed by atoms with E-state index in [9.17, 15) is 50.3 Å². The SMILES string of the molecule is CCCN(C)C(=O)[C@@H]1CC(=O)N(C)[C@@H](CC2CC2)C(=O)N[C@@H]([C@@H](C)CC)C(=O)N(C)CC(=O)N(C)[C@H]2C/C=C\CCN(C2=O)[C@@H](CC2CCC(C(F)(F)F)CC2)C(=O)N(C)CC(=O)N[C@@H](CCC2CC(F)C(C(F)(F)F)C(F)C2)C(=O)N2C[C@H](F)C[C@H]2C(=O)NC2(CC(C)(C)C2)C(=O)N(C)[C@@H](C2CCCC2)C(=O)N1C. The standard InChI is InChI=1S/C77H117F9N12O12/c1-13-31-90(6)68(105)57-38-60(100)94(10)55(35-45-23-24-45)65(102)88-63(44(3)14-2)71(108)92(8)41-61(101)93(9)54-22-16-15-19-32-97(70(54)107)58(36-46-25-28-49(29-26-46)76(81,82)83)69(106)91(7)40-59(99)87-53(30-27-47-33-51(79)62(52(80)34-47)77(84,85)86)67(104)98-39-50(78)37-56(98)66(103)89-75(42-74(4,5)43-75)73(110)96(12)64(72(109)95(57)11)48-20-17-18-21-48/h15-16,44-58,62-64H,13-14,17-43H2,1-12H3,(H,87,99)(H,88,102)(H,89,103)/b16-15-/t44-,46?,47?,49?,50+,51?,52?,53-,54-,55-,56-,57-,58-,62?,63-,64-/m0/s1. The van der Waals surface area contributed by atoms with Crippen LogP contribution in [0.15, 0.2) is 12.2 Å². The van der Waals surface area contributed by atoms with Crippen molar-refractivity contribution in [2.45, 2.75) is 273 Å². The van der Waals surface area contributed by atoms with E-state index in [0.29, 0.717) is 38.5 Å². The van der Waals surface area contributed by atoms with E-state index in [-0.39, 0.29) is 83.2 Å². The first-order chi connectivity index (χ1) is 51.4. The number of halogens is 9. The van der Waals surface area contributed by atoms with E-state index in [4.69, 9.17) is 0 Å². The molecule has 620 valence electrons. The van der Waals surface area contributed by atoms with Crippen molar-refractivity contribution in [2.75, 3.05) is 82.1 Å². The highest BCUT2D eigenvalue weighted by Crippen LogP contribution is 2.51. The number of hydrogen-bond donors (Lipinski definition) is 3. The van der Waals surface area contributed by atoms with E-state index in [2.05, 4.69) is 16.0 Å². The van der Waals surface area contributed by atoms with Crippen LogP contribution >= 0.6 is 0 Å². The Morgan fingerprint density at radius 1 is 0.618 bits per heavy atom. The number of amides is 12. The Kier molecular flexibility index (Phi) is 29.5. The number of nitrogens with one attached hydrogen (secondary N) is 3. The summed E-state index contributed by atoms with van der Waals surface area (Å²) in [7, 11) is 9.47. The zero-order chi connectivity index (χ0) is 81.6. The van der Waals surface area contributed by atoms with E-state index >= 15 is 46.7 Å². The Hall–Kier alpha value is -7.25. The molecule has 0 aromatic carbocycles. The van der Waals surface area contributed by atoms with Crippen molar-refractivity contribution < 1.29 is 97.0 Å². The van der Waals surface area contributed by atoms with Crippen molar-refractivity contribution in [1.29, 1.82) is 0 Å². The fourth-order valence-electron chi connectivity index (χ4n) is 18.2. The van der Waals surface area contributed by atoms with Gasteiger partial charge in [-0.15, -0.1) is 0 Å². The van der Waals surface area contributed by atoms with Gasteiger partial charge in [0.1, 0.15) is 78.3 Å². The molecule has 12 amide bonds. The molecule has 1 spiro atoms. The van der Waals surface area contributed by atoms with E-state index < -0.39 is 255 Å². The molecule has 2 saturated heterocycles. The Morgan fingerprint density at radius 2 is 1.21 bits per heavy atom. The molecule has 3 N–H and O–H groups in total. The number of carbonyl (C=O) groups is 12. The molecule has 0 radical (unpaired) electrons. The van der Waals surface area contributed by atoms with E-state index in [1.54, 1.807) is 26.0 Å². The average Bonchev–Trinajstić information content (AvgIpc) is 0.879. The predicted molar refractivity (Wildman–Crippen MR) is 387 cm³/mol. The van der Waals surface area contributed by atoms with Crippen LogP contribution in [0.3, 0.4) is 0 Å². The van der Waals surface area contributed by atoms with Gasteiger partial charge in [0.05, 0.1) is 32.0 Å². The third-order valence-corrected chi connectivity index (χ3v) is 24.9. The number of likely N-dealkylation sites (N-methyl/N-ethyl adjacent to an activating group) is 7. The second-order valence-electron chi connectivity index (χ2n) is 33.9. The summed E-state index contributed by atoms with van der Waals surface area (Å²) in [4.78, 5) is 192. The summed E-state index contributed by atoms with van der Waals surface area (Å²) in [6, 6.07) is -11.8. The summed E-state index contributed by atoms with van der Waals surface area (Å²) < 4.78 is 131. The highest BCUT2D eigenvalue weighted by molar-refractivity contribution is 6.01. The number of nitrogens with zero attached hydrogens (tertiary/aromatic N) is 9. The highest BCUT2D eigenvalue weighted by Gasteiger charge is 2.60. The number of rotatable bonds is 13. The molecular formula is C77H117F9N12O12. The zero-order valence-corrected chi connectivity index (χ0v) is 65.9. The first-order valence-corrected chi connectivity index (χ1v) is 39.5. The average molecular weight is 1570 g/mol. The van der Waals surface area contributed by atoms with Crippen LogP contribution < -0.4 is 16.0 Å². The third kappa shape index (κ3) is 21.1. The van der Waals surface area contributed by atoms with E-state index in [0.717, 1.165) is 37.3 Å². The molecule has 12 atom stereocenters. The van der Waals surface area contributed by atoms with Crippen LogP contribution in [0.5, 0.6) is 0 Å². The summed E-state index contributed by atoms with van der Waals surface area (Å²) in [5, 5.41) is 8.26. The lowest BCUT2D eigenvalue weighted by atomic mass is 9.58. The lowest BCUT2D eigenvalue weighted by molar-refractivity contribution is -0.219. The lowest BCUT2D eigenvalue weighted by Gasteiger charge is -2.54. The zero-order valence-electron chi connectivity index (χ0n) is 65.9. The van der Waals surface area contributed by atoms with Gasteiger partial charge < -0.3 is 60.0 Å². The first kappa shape index (κ1) is 88.3. The predicted octanol–water partition coefficient (Wildman–Crippen LogP) is 7.45. The second-order valence-corrected chi connectivity index (χ2v) is 33.9. The number of hydrogen-bond acceptors (Lipinski definition) is 12. The fraction of sp³-hybridized carbons (Fsp3) is 0.818. The van der Waals surface area contributed by atoms with Crippen LogP contribution in [-0.2, 0) is 57.5 Å². The van der Waals surface area contributed by atoms with Gasteiger partial charge in [0, 0.05) is 68.8 Å². The summed E-state index contributed by atoms with van der Waals surface area (Å²) in [5.41, 5.74) is -2.49. The fourth-order valence-corrected chi connectivity index (χ4v) is 18.2. The molecule has 110 heavy (non-hydrogen) atoms. The van der Waals surface area contributed by atoms with Crippen LogP contribution in [-0.4, -0.2) is 282 Å². The molecule has 8 rings (SSSR count). The van der Waals surface area contributed by atoms with Crippen LogP contribution in [0.25, 0.3) is 0 Å². The Balaban J connectivity index is 1.21. The van der Waals surface area contributed by atoms with Gasteiger partial charge in [-0.25, -0.2) is 13.2 Å². The topological polar surface area (TPSA) is 270 Å². The van der Waals surface area contributed by atoms with E-state index in [1.165, 1.54) is 68.9 Å². The number of alkyl halides is 9. The summed E-state index contributed by atoms with van der Waals surface area (Å²) in [6.07, 6.45) is -14.0. The molecule has 8 aliphatic rings. The molecule has 24 nitrogen and oxygen atoms in total. The van der Waals surface area contributed by atoms with Crippen molar-refractivity contribution in [1.82, 2.24) is 60.0 Å². The second kappa shape index (κ2) is 36.7. The quantitative estimate of drug-likeness (QED) is 0.120. The Morgan fingerprint density at radius 3 is 1.77 bits per heavy atom. The van der Waals surface area contributed by atoms with Gasteiger partial charge in [-0.1, -0.05) is 78.9 Å². The summed E-state index contributed by atoms with van der Waals surface area (Å²) >= 11 is 0. The van der Waals surface area contributed by atoms with Crippen LogP contribution in [0.1, 0.15) is 189 Å². The largest absolute Gasteiger partial charge is 0.397 e. The normalized spacial score (nSPS) is 32.7. The molecule has 3 heterocycles.